The first-order chi connectivity index (χ1) is 18.4. The second-order valence-corrected chi connectivity index (χ2v) is 10.5. The highest BCUT2D eigenvalue weighted by Gasteiger charge is 2.44. The number of aromatic nitrogens is 2. The van der Waals surface area contributed by atoms with Gasteiger partial charge in [-0.3, -0.25) is 9.80 Å². The van der Waals surface area contributed by atoms with Crippen LogP contribution in [0.1, 0.15) is 18.4 Å². The van der Waals surface area contributed by atoms with Crippen molar-refractivity contribution in [1.29, 1.82) is 0 Å². The summed E-state index contributed by atoms with van der Waals surface area (Å²) in [5.41, 5.74) is 2.44. The van der Waals surface area contributed by atoms with E-state index in [-0.39, 0.29) is 6.03 Å². The van der Waals surface area contributed by atoms with Gasteiger partial charge in [0.15, 0.2) is 11.5 Å². The van der Waals surface area contributed by atoms with E-state index in [1.54, 1.807) is 30.2 Å². The van der Waals surface area contributed by atoms with Gasteiger partial charge < -0.3 is 24.4 Å². The summed E-state index contributed by atoms with van der Waals surface area (Å²) in [5.74, 6) is 1.81. The standard InChI is InChI=1S/C27H29BrN6O4/c1-32-24-18(17-34(26(32)35)21-6-4-3-5-20(21)28)16-29-25(31-24)30-19-7-8-22-23(15-19)38-27(37-22)9-11-33(12-10-27)13-14-36-2/h3-8,15-16H,9-14,17H2,1-2H3,(H,29,30,31). The normalized spacial score (nSPS) is 18.1. The Bertz CT molecular complexity index is 1360. The summed E-state index contributed by atoms with van der Waals surface area (Å²) >= 11 is 3.54. The molecule has 4 heterocycles. The summed E-state index contributed by atoms with van der Waals surface area (Å²) in [7, 11) is 3.45. The maximum atomic E-state index is 13.2. The first kappa shape index (κ1) is 24.9. The van der Waals surface area contributed by atoms with Crippen LogP contribution in [0.5, 0.6) is 11.5 Å². The Hall–Kier alpha value is -3.41. The average molecular weight is 581 g/mol. The molecule has 1 N–H and O–H groups in total. The maximum absolute atomic E-state index is 13.2. The van der Waals surface area contributed by atoms with Crippen molar-refractivity contribution in [3.8, 4) is 11.5 Å². The quantitative estimate of drug-likeness (QED) is 0.446. The predicted molar refractivity (Wildman–Crippen MR) is 147 cm³/mol. The Morgan fingerprint density at radius 1 is 1.13 bits per heavy atom. The maximum Gasteiger partial charge on any atom is 0.330 e. The van der Waals surface area contributed by atoms with Gasteiger partial charge in [0, 0.05) is 74.6 Å². The third-order valence-electron chi connectivity index (χ3n) is 7.17. The van der Waals surface area contributed by atoms with Crippen molar-refractivity contribution in [2.24, 2.45) is 0 Å². The molecule has 1 aromatic heterocycles. The number of para-hydroxylation sites is 1. The number of piperidine rings is 1. The van der Waals surface area contributed by atoms with Gasteiger partial charge in [-0.15, -0.1) is 0 Å². The van der Waals surface area contributed by atoms with Gasteiger partial charge in [0.25, 0.3) is 5.79 Å². The van der Waals surface area contributed by atoms with E-state index in [2.05, 4.69) is 36.1 Å². The summed E-state index contributed by atoms with van der Waals surface area (Å²) in [6.45, 7) is 3.82. The highest BCUT2D eigenvalue weighted by atomic mass is 79.9. The molecule has 1 saturated heterocycles. The molecule has 0 radical (unpaired) electrons. The van der Waals surface area contributed by atoms with E-state index in [1.807, 2.05) is 42.5 Å². The Balaban J connectivity index is 1.15. The number of amides is 2. The molecule has 1 fully saturated rings. The number of ether oxygens (including phenoxy) is 3. The Morgan fingerprint density at radius 2 is 1.92 bits per heavy atom. The lowest BCUT2D eigenvalue weighted by Gasteiger charge is -2.37. The Kier molecular flexibility index (Phi) is 6.58. The molecule has 198 valence electrons. The van der Waals surface area contributed by atoms with E-state index >= 15 is 0 Å². The van der Waals surface area contributed by atoms with E-state index < -0.39 is 5.79 Å². The fourth-order valence-electron chi connectivity index (χ4n) is 5.07. The molecule has 1 spiro atoms. The summed E-state index contributed by atoms with van der Waals surface area (Å²) < 4.78 is 18.6. The van der Waals surface area contributed by atoms with Gasteiger partial charge in [-0.1, -0.05) is 12.1 Å². The predicted octanol–water partition coefficient (Wildman–Crippen LogP) is 4.77. The molecule has 2 amide bonds. The zero-order valence-corrected chi connectivity index (χ0v) is 22.9. The van der Waals surface area contributed by atoms with Crippen LogP contribution >= 0.6 is 15.9 Å². The van der Waals surface area contributed by atoms with E-state index in [4.69, 9.17) is 14.2 Å². The lowest BCUT2D eigenvalue weighted by Crippen LogP contribution is -2.50. The van der Waals surface area contributed by atoms with Crippen LogP contribution < -0.4 is 24.6 Å². The molecule has 0 bridgehead atoms. The summed E-state index contributed by atoms with van der Waals surface area (Å²) in [5, 5.41) is 3.25. The van der Waals surface area contributed by atoms with E-state index in [0.29, 0.717) is 24.1 Å². The van der Waals surface area contributed by atoms with Gasteiger partial charge in [-0.05, 0) is 40.2 Å². The molecule has 0 aliphatic carbocycles. The van der Waals surface area contributed by atoms with Crippen LogP contribution in [0.15, 0.2) is 53.1 Å². The second kappa shape index (κ2) is 10.0. The zero-order valence-electron chi connectivity index (χ0n) is 21.3. The molecule has 2 aromatic carbocycles. The smallest absolute Gasteiger partial charge is 0.330 e. The first-order valence-electron chi connectivity index (χ1n) is 12.6. The Morgan fingerprint density at radius 3 is 2.71 bits per heavy atom. The molecule has 6 rings (SSSR count). The lowest BCUT2D eigenvalue weighted by atomic mass is 10.0. The van der Waals surface area contributed by atoms with Crippen molar-refractivity contribution < 1.29 is 19.0 Å². The molecular weight excluding hydrogens is 552 g/mol. The minimum absolute atomic E-state index is 0.157. The summed E-state index contributed by atoms with van der Waals surface area (Å²) in [6.07, 6.45) is 3.34. The van der Waals surface area contributed by atoms with Crippen LogP contribution in [0.4, 0.5) is 27.9 Å². The van der Waals surface area contributed by atoms with Crippen molar-refractivity contribution in [1.82, 2.24) is 14.9 Å². The zero-order chi connectivity index (χ0) is 26.3. The molecule has 3 aliphatic heterocycles. The highest BCUT2D eigenvalue weighted by Crippen LogP contribution is 2.45. The van der Waals surface area contributed by atoms with Crippen LogP contribution in [0, 0.1) is 0 Å². The number of benzene rings is 2. The minimum atomic E-state index is -0.616. The van der Waals surface area contributed by atoms with Gasteiger partial charge in [-0.2, -0.15) is 4.98 Å². The minimum Gasteiger partial charge on any atom is -0.448 e. The van der Waals surface area contributed by atoms with Crippen molar-refractivity contribution in [3.05, 3.63) is 58.7 Å². The second-order valence-electron chi connectivity index (χ2n) is 9.66. The van der Waals surface area contributed by atoms with Crippen LogP contribution in [-0.4, -0.2) is 67.1 Å². The third-order valence-corrected chi connectivity index (χ3v) is 7.84. The number of hydrogen-bond donors (Lipinski definition) is 1. The molecule has 10 nitrogen and oxygen atoms in total. The van der Waals surface area contributed by atoms with E-state index in [0.717, 1.165) is 66.2 Å². The highest BCUT2D eigenvalue weighted by molar-refractivity contribution is 9.10. The van der Waals surface area contributed by atoms with Crippen molar-refractivity contribution >= 4 is 45.1 Å². The fraction of sp³-hybridized carbons (Fsp3) is 0.370. The molecule has 0 unspecified atom stereocenters. The summed E-state index contributed by atoms with van der Waals surface area (Å²) in [4.78, 5) is 28.0. The number of carbonyl (C=O) groups excluding carboxylic acids is 1. The largest absolute Gasteiger partial charge is 0.448 e. The van der Waals surface area contributed by atoms with Crippen LogP contribution in [-0.2, 0) is 11.3 Å². The number of carbonyl (C=O) groups is 1. The SMILES string of the molecule is COCCN1CCC2(CC1)Oc1ccc(Nc3ncc4c(n3)N(C)C(=O)N(c3ccccc3Br)C4)cc1O2. The number of rotatable bonds is 6. The number of nitrogens with zero attached hydrogens (tertiary/aromatic N) is 5. The molecular formula is C27H29BrN6O4. The molecule has 11 heteroatoms. The molecule has 3 aromatic rings. The number of fused-ring (bicyclic) bond motifs is 2. The number of hydrogen-bond acceptors (Lipinski definition) is 8. The molecule has 0 atom stereocenters. The molecule has 3 aliphatic rings. The summed E-state index contributed by atoms with van der Waals surface area (Å²) in [6, 6.07) is 13.2. The Labute approximate surface area is 229 Å². The fourth-order valence-corrected chi connectivity index (χ4v) is 5.57. The number of halogens is 1. The van der Waals surface area contributed by atoms with Crippen molar-refractivity contribution in [2.75, 3.05) is 55.5 Å². The molecule has 38 heavy (non-hydrogen) atoms. The number of nitrogens with one attached hydrogen (secondary N) is 1. The number of urea groups is 1. The monoisotopic (exact) mass is 580 g/mol. The van der Waals surface area contributed by atoms with Crippen molar-refractivity contribution in [2.45, 2.75) is 25.2 Å². The van der Waals surface area contributed by atoms with Crippen molar-refractivity contribution in [3.63, 3.8) is 0 Å². The first-order valence-corrected chi connectivity index (χ1v) is 13.4. The lowest BCUT2D eigenvalue weighted by molar-refractivity contribution is -0.119. The average Bonchev–Trinajstić information content (AvgIpc) is 3.28. The number of likely N-dealkylation sites (tertiary alicyclic amines) is 1. The van der Waals surface area contributed by atoms with Crippen LogP contribution in [0.2, 0.25) is 0 Å². The van der Waals surface area contributed by atoms with E-state index in [9.17, 15) is 4.79 Å². The van der Waals surface area contributed by atoms with Gasteiger partial charge in [0.1, 0.15) is 5.82 Å². The van der Waals surface area contributed by atoms with Gasteiger partial charge in [0.05, 0.1) is 18.8 Å². The van der Waals surface area contributed by atoms with Gasteiger partial charge in [0.2, 0.25) is 5.95 Å². The number of methoxy groups -OCH3 is 1. The number of anilines is 4. The van der Waals surface area contributed by atoms with Crippen LogP contribution in [0.25, 0.3) is 0 Å². The molecule has 0 saturated carbocycles. The van der Waals surface area contributed by atoms with E-state index in [1.165, 1.54) is 0 Å². The third kappa shape index (κ3) is 4.65. The van der Waals surface area contributed by atoms with Gasteiger partial charge in [-0.25, -0.2) is 9.78 Å². The topological polar surface area (TPSA) is 92.3 Å². The van der Waals surface area contributed by atoms with Crippen LogP contribution in [0.3, 0.4) is 0 Å². The van der Waals surface area contributed by atoms with Gasteiger partial charge >= 0.3 is 6.03 Å².